The van der Waals surface area contributed by atoms with E-state index in [-0.39, 0.29) is 17.9 Å². The quantitative estimate of drug-likeness (QED) is 0.893. The third-order valence-electron chi connectivity index (χ3n) is 6.00. The van der Waals surface area contributed by atoms with Gasteiger partial charge in [0.1, 0.15) is 6.10 Å². The molecule has 2 saturated heterocycles. The smallest absolute Gasteiger partial charge is 0.257 e. The first-order valence-electron chi connectivity index (χ1n) is 9.97. The van der Waals surface area contributed by atoms with E-state index in [0.717, 1.165) is 36.9 Å². The van der Waals surface area contributed by atoms with Crippen LogP contribution in [0.2, 0.25) is 0 Å². The van der Waals surface area contributed by atoms with Crippen molar-refractivity contribution >= 4 is 11.8 Å². The van der Waals surface area contributed by atoms with Gasteiger partial charge in [-0.05, 0) is 25.7 Å². The van der Waals surface area contributed by atoms with E-state index in [0.29, 0.717) is 38.7 Å². The number of ether oxygens (including phenoxy) is 1. The molecule has 0 bridgehead atoms. The van der Waals surface area contributed by atoms with E-state index in [9.17, 15) is 9.59 Å². The summed E-state index contributed by atoms with van der Waals surface area (Å²) in [4.78, 5) is 29.1. The minimum absolute atomic E-state index is 0.0449. The molecule has 1 aromatic heterocycles. The highest BCUT2D eigenvalue weighted by molar-refractivity contribution is 5.95. The normalized spacial score (nSPS) is 24.8. The van der Waals surface area contributed by atoms with Crippen LogP contribution in [0.1, 0.15) is 66.9 Å². The van der Waals surface area contributed by atoms with Gasteiger partial charge in [-0.3, -0.25) is 14.7 Å². The Morgan fingerprint density at radius 1 is 1.00 bits per heavy atom. The summed E-state index contributed by atoms with van der Waals surface area (Å²) in [6.07, 6.45) is 9.17. The fourth-order valence-electron chi connectivity index (χ4n) is 4.45. The van der Waals surface area contributed by atoms with Crippen molar-refractivity contribution in [3.05, 3.63) is 17.5 Å². The number of piperazine rings is 1. The molecule has 4 rings (SSSR count). The van der Waals surface area contributed by atoms with Gasteiger partial charge in [0.2, 0.25) is 0 Å². The standard InChI is InChI=1S/C19H28N4O3/c24-18(15-13-20-21-17(15)14-5-2-1-3-6-14)22-8-10-23(11-9-22)19(25)16-7-4-12-26-16/h13-14,16H,1-12H2,(H,20,21)/t16-/m1/s1. The molecule has 0 radical (unpaired) electrons. The van der Waals surface area contributed by atoms with E-state index in [4.69, 9.17) is 4.74 Å². The molecule has 2 amide bonds. The third kappa shape index (κ3) is 3.49. The molecule has 0 unspecified atom stereocenters. The van der Waals surface area contributed by atoms with E-state index in [1.165, 1.54) is 19.3 Å². The lowest BCUT2D eigenvalue weighted by Crippen LogP contribution is -2.52. The second kappa shape index (κ2) is 7.78. The molecule has 1 atom stereocenters. The lowest BCUT2D eigenvalue weighted by Gasteiger charge is -2.36. The number of hydrogen-bond acceptors (Lipinski definition) is 4. The van der Waals surface area contributed by atoms with Crippen molar-refractivity contribution in [2.24, 2.45) is 0 Å². The van der Waals surface area contributed by atoms with Crippen LogP contribution in [-0.4, -0.2) is 70.7 Å². The average Bonchev–Trinajstić information content (AvgIpc) is 3.39. The predicted octanol–water partition coefficient (Wildman–Crippen LogP) is 1.92. The van der Waals surface area contributed by atoms with Crippen molar-refractivity contribution < 1.29 is 14.3 Å². The Hall–Kier alpha value is -1.89. The molecule has 1 saturated carbocycles. The maximum atomic E-state index is 13.0. The van der Waals surface area contributed by atoms with Crippen molar-refractivity contribution in [1.82, 2.24) is 20.0 Å². The summed E-state index contributed by atoms with van der Waals surface area (Å²) >= 11 is 0. The van der Waals surface area contributed by atoms with Crippen molar-refractivity contribution in [1.29, 1.82) is 0 Å². The zero-order chi connectivity index (χ0) is 17.9. The molecule has 7 heteroatoms. The van der Waals surface area contributed by atoms with Crippen LogP contribution in [0.5, 0.6) is 0 Å². The van der Waals surface area contributed by atoms with Gasteiger partial charge < -0.3 is 14.5 Å². The van der Waals surface area contributed by atoms with Crippen LogP contribution >= 0.6 is 0 Å². The average molecular weight is 360 g/mol. The van der Waals surface area contributed by atoms with Gasteiger partial charge in [-0.25, -0.2) is 0 Å². The molecule has 3 fully saturated rings. The van der Waals surface area contributed by atoms with Gasteiger partial charge in [0.05, 0.1) is 17.5 Å². The fourth-order valence-corrected chi connectivity index (χ4v) is 4.45. The van der Waals surface area contributed by atoms with E-state index in [2.05, 4.69) is 10.2 Å². The van der Waals surface area contributed by atoms with Gasteiger partial charge in [-0.2, -0.15) is 5.10 Å². The van der Waals surface area contributed by atoms with Crippen molar-refractivity contribution in [2.45, 2.75) is 57.0 Å². The zero-order valence-electron chi connectivity index (χ0n) is 15.3. The molecule has 26 heavy (non-hydrogen) atoms. The Bertz CT molecular complexity index is 639. The fraction of sp³-hybridized carbons (Fsp3) is 0.737. The van der Waals surface area contributed by atoms with Crippen LogP contribution in [0.15, 0.2) is 6.20 Å². The number of carbonyl (C=O) groups excluding carboxylic acids is 2. The number of carbonyl (C=O) groups is 2. The summed E-state index contributed by atoms with van der Waals surface area (Å²) in [5, 5.41) is 7.24. The molecule has 1 aliphatic carbocycles. The van der Waals surface area contributed by atoms with E-state index in [1.54, 1.807) is 6.20 Å². The van der Waals surface area contributed by atoms with Crippen LogP contribution in [-0.2, 0) is 9.53 Å². The van der Waals surface area contributed by atoms with Crippen molar-refractivity contribution in [3.63, 3.8) is 0 Å². The number of nitrogens with zero attached hydrogens (tertiary/aromatic N) is 3. The predicted molar refractivity (Wildman–Crippen MR) is 95.9 cm³/mol. The largest absolute Gasteiger partial charge is 0.368 e. The number of rotatable bonds is 3. The molecular formula is C19H28N4O3. The van der Waals surface area contributed by atoms with E-state index < -0.39 is 0 Å². The first kappa shape index (κ1) is 17.5. The Morgan fingerprint density at radius 2 is 1.73 bits per heavy atom. The second-order valence-electron chi connectivity index (χ2n) is 7.65. The molecule has 1 aromatic rings. The summed E-state index contributed by atoms with van der Waals surface area (Å²) < 4.78 is 5.50. The Kier molecular flexibility index (Phi) is 5.24. The van der Waals surface area contributed by atoms with Crippen LogP contribution in [0, 0.1) is 0 Å². The van der Waals surface area contributed by atoms with Crippen molar-refractivity contribution in [3.8, 4) is 0 Å². The Morgan fingerprint density at radius 3 is 2.42 bits per heavy atom. The molecule has 142 valence electrons. The number of aromatic amines is 1. The lowest BCUT2D eigenvalue weighted by atomic mass is 9.85. The number of aromatic nitrogens is 2. The monoisotopic (exact) mass is 360 g/mol. The summed E-state index contributed by atoms with van der Waals surface area (Å²) in [5.41, 5.74) is 1.73. The molecule has 3 aliphatic rings. The summed E-state index contributed by atoms with van der Waals surface area (Å²) in [6.45, 7) is 3.00. The Labute approximate surface area is 154 Å². The maximum Gasteiger partial charge on any atom is 0.257 e. The van der Waals surface area contributed by atoms with Gasteiger partial charge in [0.25, 0.3) is 11.8 Å². The van der Waals surface area contributed by atoms with Crippen LogP contribution in [0.4, 0.5) is 0 Å². The van der Waals surface area contributed by atoms with Gasteiger partial charge >= 0.3 is 0 Å². The number of nitrogens with one attached hydrogen (secondary N) is 1. The van der Waals surface area contributed by atoms with E-state index in [1.807, 2.05) is 9.80 Å². The molecule has 7 nitrogen and oxygen atoms in total. The van der Waals surface area contributed by atoms with Gasteiger partial charge in [0, 0.05) is 38.7 Å². The molecule has 0 aromatic carbocycles. The second-order valence-corrected chi connectivity index (χ2v) is 7.65. The number of hydrogen-bond donors (Lipinski definition) is 1. The van der Waals surface area contributed by atoms with E-state index >= 15 is 0 Å². The summed E-state index contributed by atoms with van der Waals surface area (Å²) in [7, 11) is 0. The number of H-pyrrole nitrogens is 1. The van der Waals surface area contributed by atoms with Crippen LogP contribution in [0.3, 0.4) is 0 Å². The maximum absolute atomic E-state index is 13.0. The van der Waals surface area contributed by atoms with Crippen LogP contribution < -0.4 is 0 Å². The SMILES string of the molecule is O=C(c1cn[nH]c1C1CCCCC1)N1CCN(C(=O)[C@H]2CCCO2)CC1. The molecule has 2 aliphatic heterocycles. The molecule has 1 N–H and O–H groups in total. The Balaban J connectivity index is 1.36. The zero-order valence-corrected chi connectivity index (χ0v) is 15.3. The minimum Gasteiger partial charge on any atom is -0.368 e. The van der Waals surface area contributed by atoms with Crippen LogP contribution in [0.25, 0.3) is 0 Å². The first-order valence-corrected chi connectivity index (χ1v) is 9.97. The first-order chi connectivity index (χ1) is 12.7. The van der Waals surface area contributed by atoms with Gasteiger partial charge in [-0.1, -0.05) is 19.3 Å². The molecule has 3 heterocycles. The summed E-state index contributed by atoms with van der Waals surface area (Å²) in [6, 6.07) is 0. The highest BCUT2D eigenvalue weighted by atomic mass is 16.5. The highest BCUT2D eigenvalue weighted by Crippen LogP contribution is 2.33. The minimum atomic E-state index is -0.274. The third-order valence-corrected chi connectivity index (χ3v) is 6.00. The molecule has 0 spiro atoms. The summed E-state index contributed by atoms with van der Waals surface area (Å²) in [5.74, 6) is 0.553. The lowest BCUT2D eigenvalue weighted by molar-refractivity contribution is -0.142. The highest BCUT2D eigenvalue weighted by Gasteiger charge is 2.33. The molecular weight excluding hydrogens is 332 g/mol. The van der Waals surface area contributed by atoms with Gasteiger partial charge in [0.15, 0.2) is 0 Å². The van der Waals surface area contributed by atoms with Crippen molar-refractivity contribution in [2.75, 3.05) is 32.8 Å². The topological polar surface area (TPSA) is 78.5 Å². The van der Waals surface area contributed by atoms with Gasteiger partial charge in [-0.15, -0.1) is 0 Å². The number of amides is 2.